The van der Waals surface area contributed by atoms with E-state index in [4.69, 9.17) is 4.74 Å². The number of phenolic OH excluding ortho intramolecular Hbond substituents is 1. The molecule has 2 atom stereocenters. The maximum Gasteiger partial charge on any atom is 0.226 e. The molecule has 0 aliphatic carbocycles. The van der Waals surface area contributed by atoms with Crippen LogP contribution in [0.2, 0.25) is 0 Å². The van der Waals surface area contributed by atoms with Gasteiger partial charge < -0.3 is 15.2 Å². The maximum absolute atomic E-state index is 12.4. The Bertz CT molecular complexity index is 1030. The topological polar surface area (TPSA) is 111 Å². The first kappa shape index (κ1) is 17.8. The van der Waals surface area contributed by atoms with Crippen LogP contribution in [0, 0.1) is 6.92 Å². The van der Waals surface area contributed by atoms with Gasteiger partial charge in [-0.15, -0.1) is 0 Å². The quantitative estimate of drug-likeness (QED) is 0.825. The molecule has 0 bridgehead atoms. The molecule has 0 radical (unpaired) electrons. The Morgan fingerprint density at radius 3 is 2.78 bits per heavy atom. The lowest BCUT2D eigenvalue weighted by Crippen LogP contribution is -2.26. The van der Waals surface area contributed by atoms with Crippen LogP contribution in [0.25, 0.3) is 0 Å². The summed E-state index contributed by atoms with van der Waals surface area (Å²) in [4.78, 5) is 12.4. The summed E-state index contributed by atoms with van der Waals surface area (Å²) >= 11 is 0. The van der Waals surface area contributed by atoms with Crippen molar-refractivity contribution in [2.75, 3.05) is 23.9 Å². The van der Waals surface area contributed by atoms with Crippen LogP contribution in [0.3, 0.4) is 0 Å². The number of carbonyl (C=O) groups excluding carboxylic acids is 1. The van der Waals surface area contributed by atoms with Crippen LogP contribution in [0.15, 0.2) is 18.2 Å². The summed E-state index contributed by atoms with van der Waals surface area (Å²) < 4.78 is 30.5. The number of hydrogen-bond donors (Lipinski definition) is 2. The zero-order chi connectivity index (χ0) is 19.3. The number of nitrogens with one attached hydrogen (secondary N) is 1. The van der Waals surface area contributed by atoms with E-state index in [-0.39, 0.29) is 41.5 Å². The molecule has 27 heavy (non-hydrogen) atoms. The van der Waals surface area contributed by atoms with Gasteiger partial charge in [-0.1, -0.05) is 6.07 Å². The van der Waals surface area contributed by atoms with E-state index in [0.29, 0.717) is 18.0 Å². The van der Waals surface area contributed by atoms with E-state index < -0.39 is 9.84 Å². The number of methoxy groups -OCH3 is 1. The maximum atomic E-state index is 12.4. The van der Waals surface area contributed by atoms with Crippen molar-refractivity contribution in [3.63, 3.8) is 0 Å². The highest BCUT2D eigenvalue weighted by atomic mass is 32.2. The molecule has 1 saturated heterocycles. The Kier molecular flexibility index (Phi) is 4.14. The number of sulfone groups is 1. The van der Waals surface area contributed by atoms with Gasteiger partial charge in [-0.05, 0) is 31.0 Å². The van der Waals surface area contributed by atoms with Crippen LogP contribution in [0.5, 0.6) is 11.5 Å². The van der Waals surface area contributed by atoms with Gasteiger partial charge in [0.15, 0.2) is 21.3 Å². The summed E-state index contributed by atoms with van der Waals surface area (Å²) in [7, 11) is -1.60. The van der Waals surface area contributed by atoms with Gasteiger partial charge >= 0.3 is 0 Å². The fourth-order valence-electron chi connectivity index (χ4n) is 4.01. The van der Waals surface area contributed by atoms with E-state index >= 15 is 0 Å². The van der Waals surface area contributed by atoms with Crippen LogP contribution in [0.1, 0.15) is 41.6 Å². The number of fused-ring (bicyclic) bond motifs is 1. The lowest BCUT2D eigenvalue weighted by atomic mass is 9.85. The van der Waals surface area contributed by atoms with Gasteiger partial charge in [0.1, 0.15) is 5.82 Å². The molecule has 1 aromatic heterocycles. The van der Waals surface area contributed by atoms with Crippen molar-refractivity contribution < 1.29 is 23.1 Å². The minimum Gasteiger partial charge on any atom is -0.504 e. The minimum absolute atomic E-state index is 0.00876. The number of anilines is 1. The zero-order valence-electron chi connectivity index (χ0n) is 15.1. The monoisotopic (exact) mass is 391 g/mol. The van der Waals surface area contributed by atoms with Crippen molar-refractivity contribution in [3.05, 3.63) is 35.0 Å². The number of hydrogen-bond acceptors (Lipinski definition) is 6. The summed E-state index contributed by atoms with van der Waals surface area (Å²) in [5.74, 6) is 0.671. The van der Waals surface area contributed by atoms with Gasteiger partial charge in [0.05, 0.1) is 30.4 Å². The van der Waals surface area contributed by atoms with E-state index in [0.717, 1.165) is 16.8 Å². The summed E-state index contributed by atoms with van der Waals surface area (Å²) in [6, 6.07) is 4.81. The van der Waals surface area contributed by atoms with Crippen molar-refractivity contribution >= 4 is 21.6 Å². The van der Waals surface area contributed by atoms with E-state index in [1.165, 1.54) is 7.11 Å². The van der Waals surface area contributed by atoms with Crippen LogP contribution in [-0.4, -0.2) is 47.8 Å². The molecule has 4 rings (SSSR count). The molecule has 0 spiro atoms. The van der Waals surface area contributed by atoms with E-state index in [2.05, 4.69) is 10.4 Å². The summed E-state index contributed by atoms with van der Waals surface area (Å²) in [5, 5.41) is 17.6. The molecular formula is C18H21N3O5S. The highest BCUT2D eigenvalue weighted by Crippen LogP contribution is 2.43. The first-order valence-corrected chi connectivity index (χ1v) is 10.6. The number of aromatic hydroxyl groups is 1. The number of amides is 1. The third-order valence-electron chi connectivity index (χ3n) is 5.29. The molecule has 1 amide bonds. The zero-order valence-corrected chi connectivity index (χ0v) is 15.9. The normalized spacial score (nSPS) is 23.7. The van der Waals surface area contributed by atoms with Crippen molar-refractivity contribution in [2.24, 2.45) is 0 Å². The van der Waals surface area contributed by atoms with Gasteiger partial charge in [0, 0.05) is 17.9 Å². The number of ether oxygens (including phenoxy) is 1. The molecule has 2 N–H and O–H groups in total. The van der Waals surface area contributed by atoms with Crippen molar-refractivity contribution in [3.8, 4) is 11.5 Å². The van der Waals surface area contributed by atoms with Gasteiger partial charge in [0.25, 0.3) is 0 Å². The Morgan fingerprint density at radius 1 is 1.37 bits per heavy atom. The fraction of sp³-hybridized carbons (Fsp3) is 0.444. The lowest BCUT2D eigenvalue weighted by Gasteiger charge is -2.25. The number of aromatic nitrogens is 2. The minimum atomic E-state index is -3.07. The lowest BCUT2D eigenvalue weighted by molar-refractivity contribution is -0.116. The fourth-order valence-corrected chi connectivity index (χ4v) is 5.71. The second-order valence-corrected chi connectivity index (χ2v) is 9.31. The largest absolute Gasteiger partial charge is 0.504 e. The highest BCUT2D eigenvalue weighted by molar-refractivity contribution is 7.91. The van der Waals surface area contributed by atoms with E-state index in [1.807, 2.05) is 13.0 Å². The number of benzene rings is 1. The van der Waals surface area contributed by atoms with Crippen LogP contribution < -0.4 is 10.1 Å². The second kappa shape index (κ2) is 6.26. The van der Waals surface area contributed by atoms with Gasteiger partial charge in [-0.3, -0.25) is 4.79 Å². The highest BCUT2D eigenvalue weighted by Gasteiger charge is 2.37. The first-order chi connectivity index (χ1) is 12.8. The summed E-state index contributed by atoms with van der Waals surface area (Å²) in [6.07, 6.45) is 0.716. The third kappa shape index (κ3) is 3.05. The predicted octanol–water partition coefficient (Wildman–Crippen LogP) is 1.74. The Morgan fingerprint density at radius 2 is 2.15 bits per heavy atom. The third-order valence-corrected chi connectivity index (χ3v) is 7.04. The molecule has 2 aliphatic heterocycles. The molecule has 0 unspecified atom stereocenters. The molecular weight excluding hydrogens is 370 g/mol. The van der Waals surface area contributed by atoms with Crippen molar-refractivity contribution in [1.82, 2.24) is 9.78 Å². The number of nitrogens with zero attached hydrogens (tertiary/aromatic N) is 2. The van der Waals surface area contributed by atoms with Gasteiger partial charge in [-0.2, -0.15) is 5.10 Å². The SMILES string of the molecule is COc1ccc([C@@H]2CC(=O)Nc3c2c(C)nn3[C@H]2CCS(=O)(=O)C2)cc1O. The second-order valence-electron chi connectivity index (χ2n) is 7.09. The first-order valence-electron chi connectivity index (χ1n) is 8.75. The van der Waals surface area contributed by atoms with Gasteiger partial charge in [0.2, 0.25) is 5.91 Å². The van der Waals surface area contributed by atoms with Crippen LogP contribution in [-0.2, 0) is 14.6 Å². The molecule has 3 heterocycles. The summed E-state index contributed by atoms with van der Waals surface area (Å²) in [6.45, 7) is 1.85. The van der Waals surface area contributed by atoms with Crippen molar-refractivity contribution in [2.45, 2.75) is 31.7 Å². The molecule has 1 aromatic carbocycles. The molecule has 0 saturated carbocycles. The van der Waals surface area contributed by atoms with Crippen LogP contribution in [0.4, 0.5) is 5.82 Å². The van der Waals surface area contributed by atoms with Gasteiger partial charge in [-0.25, -0.2) is 13.1 Å². The average molecular weight is 391 g/mol. The van der Waals surface area contributed by atoms with E-state index in [1.54, 1.807) is 16.8 Å². The molecule has 2 aromatic rings. The number of phenols is 1. The molecule has 1 fully saturated rings. The summed E-state index contributed by atoms with van der Waals surface area (Å²) in [5.41, 5.74) is 2.39. The molecule has 2 aliphatic rings. The number of carbonyl (C=O) groups is 1. The predicted molar refractivity (Wildman–Crippen MR) is 99.0 cm³/mol. The Labute approximate surface area is 157 Å². The Balaban J connectivity index is 1.79. The van der Waals surface area contributed by atoms with Crippen molar-refractivity contribution in [1.29, 1.82) is 0 Å². The smallest absolute Gasteiger partial charge is 0.226 e. The number of aryl methyl sites for hydroxylation is 1. The molecule has 9 heteroatoms. The average Bonchev–Trinajstić information content (AvgIpc) is 3.13. The van der Waals surface area contributed by atoms with E-state index in [9.17, 15) is 18.3 Å². The Hall–Kier alpha value is -2.55. The van der Waals surface area contributed by atoms with Crippen LogP contribution >= 0.6 is 0 Å². The standard InChI is InChI=1S/C18H21N3O5S/c1-10-17-13(11-3-4-15(26-2)14(22)7-11)8-16(23)19-18(17)21(20-10)12-5-6-27(24,25)9-12/h3-4,7,12-13,22H,5-6,8-9H2,1-2H3,(H,19,23)/t12-,13-/m0/s1. The molecule has 8 nitrogen and oxygen atoms in total. The number of rotatable bonds is 3. The molecule has 144 valence electrons.